The van der Waals surface area contributed by atoms with Crippen LogP contribution in [-0.4, -0.2) is 53.8 Å². The minimum atomic E-state index is -1.34. The van der Waals surface area contributed by atoms with E-state index >= 15 is 0 Å². The van der Waals surface area contributed by atoms with Gasteiger partial charge in [-0.2, -0.15) is 0 Å². The molecule has 6 nitrogen and oxygen atoms in total. The van der Waals surface area contributed by atoms with Crippen LogP contribution in [0, 0.1) is 5.82 Å². The molecule has 1 saturated heterocycles. The normalized spacial score (nSPS) is 15.1. The summed E-state index contributed by atoms with van der Waals surface area (Å²) in [7, 11) is 4.61. The Morgan fingerprint density at radius 3 is 2.38 bits per heavy atom. The number of benzene rings is 2. The van der Waals surface area contributed by atoms with Gasteiger partial charge in [-0.1, -0.05) is 12.1 Å². The van der Waals surface area contributed by atoms with E-state index in [0.717, 1.165) is 24.5 Å². The van der Waals surface area contributed by atoms with Crippen LogP contribution in [0.5, 0.6) is 0 Å². The minimum Gasteiger partial charge on any atom is -0.477 e. The number of nitrogens with zero attached hydrogens (tertiary/aromatic N) is 3. The van der Waals surface area contributed by atoms with Crippen LogP contribution in [0.3, 0.4) is 0 Å². The van der Waals surface area contributed by atoms with Crippen molar-refractivity contribution in [1.82, 2.24) is 9.47 Å². The number of hydrogen-bond acceptors (Lipinski definition) is 4. The van der Waals surface area contributed by atoms with Gasteiger partial charge in [0.25, 0.3) is 0 Å². The summed E-state index contributed by atoms with van der Waals surface area (Å²) in [6.07, 6.45) is 1.32. The summed E-state index contributed by atoms with van der Waals surface area (Å²) >= 11 is 0. The number of rotatable bonds is 3. The van der Waals surface area contributed by atoms with Crippen molar-refractivity contribution >= 4 is 37.1 Å². The van der Waals surface area contributed by atoms with E-state index in [1.165, 1.54) is 6.20 Å². The molecule has 0 radical (unpaired) electrons. The van der Waals surface area contributed by atoms with Crippen LogP contribution < -0.4 is 15.6 Å². The number of piperazine rings is 1. The fraction of sp³-hybridized carbons (Fsp3) is 0.238. The summed E-state index contributed by atoms with van der Waals surface area (Å²) in [5.41, 5.74) is 0.519. The first-order chi connectivity index (χ1) is 13.8. The summed E-state index contributed by atoms with van der Waals surface area (Å²) < 4.78 is 16.6. The SMILES string of the molecule is CN1CCN(c2cc3c(cc2F)c(=O)c(C(=O)O)cn3-c2ccc(P)cc2)CC1. The van der Waals surface area contributed by atoms with Gasteiger partial charge in [0.05, 0.1) is 11.2 Å². The number of hydrogen-bond donors (Lipinski definition) is 1. The molecule has 1 aliphatic rings. The molecule has 3 aromatic rings. The number of aromatic nitrogens is 1. The molecule has 2 heterocycles. The van der Waals surface area contributed by atoms with Crippen molar-refractivity contribution in [3.63, 3.8) is 0 Å². The summed E-state index contributed by atoms with van der Waals surface area (Å²) in [6.45, 7) is 2.99. The number of aromatic carboxylic acids is 1. The van der Waals surface area contributed by atoms with Crippen molar-refractivity contribution in [3.05, 3.63) is 64.2 Å². The molecule has 2 aromatic carbocycles. The van der Waals surface area contributed by atoms with E-state index in [0.29, 0.717) is 30.0 Å². The van der Waals surface area contributed by atoms with Crippen molar-refractivity contribution in [2.24, 2.45) is 0 Å². The molecule has 0 amide bonds. The van der Waals surface area contributed by atoms with Crippen LogP contribution in [0.15, 0.2) is 47.4 Å². The Labute approximate surface area is 169 Å². The summed E-state index contributed by atoms with van der Waals surface area (Å²) in [5, 5.41) is 10.5. The van der Waals surface area contributed by atoms with E-state index in [2.05, 4.69) is 14.1 Å². The molecule has 1 N–H and O–H groups in total. The molecule has 150 valence electrons. The number of carbonyl (C=O) groups is 1. The molecule has 29 heavy (non-hydrogen) atoms. The Balaban J connectivity index is 1.97. The largest absolute Gasteiger partial charge is 0.477 e. The van der Waals surface area contributed by atoms with Gasteiger partial charge in [-0.25, -0.2) is 9.18 Å². The molecule has 1 aromatic heterocycles. The van der Waals surface area contributed by atoms with Crippen LogP contribution in [-0.2, 0) is 0 Å². The summed E-state index contributed by atoms with van der Waals surface area (Å²) in [5.74, 6) is -1.86. The third-order valence-corrected chi connectivity index (χ3v) is 5.70. The molecular weight excluding hydrogens is 392 g/mol. The summed E-state index contributed by atoms with van der Waals surface area (Å²) in [4.78, 5) is 28.4. The van der Waals surface area contributed by atoms with Crippen molar-refractivity contribution < 1.29 is 14.3 Å². The van der Waals surface area contributed by atoms with Gasteiger partial charge in [-0.3, -0.25) is 4.79 Å². The molecular formula is C21H21FN3O3P. The monoisotopic (exact) mass is 413 g/mol. The lowest BCUT2D eigenvalue weighted by molar-refractivity contribution is 0.0695. The number of anilines is 1. The van der Waals surface area contributed by atoms with E-state index < -0.39 is 17.2 Å². The third kappa shape index (κ3) is 3.63. The highest BCUT2D eigenvalue weighted by atomic mass is 31.0. The molecule has 0 spiro atoms. The Kier molecular flexibility index (Phi) is 5.11. The van der Waals surface area contributed by atoms with Crippen LogP contribution in [0.25, 0.3) is 16.6 Å². The van der Waals surface area contributed by atoms with Gasteiger partial charge < -0.3 is 19.5 Å². The first kappa shape index (κ1) is 19.6. The van der Waals surface area contributed by atoms with Gasteiger partial charge in [0, 0.05) is 43.4 Å². The lowest BCUT2D eigenvalue weighted by atomic mass is 10.1. The van der Waals surface area contributed by atoms with E-state index in [4.69, 9.17) is 0 Å². The lowest BCUT2D eigenvalue weighted by Gasteiger charge is -2.34. The maximum absolute atomic E-state index is 14.9. The molecule has 0 saturated carbocycles. The molecule has 4 rings (SSSR count). The molecule has 0 bridgehead atoms. The molecule has 1 fully saturated rings. The van der Waals surface area contributed by atoms with Crippen LogP contribution >= 0.6 is 9.24 Å². The van der Waals surface area contributed by atoms with Gasteiger partial charge in [-0.15, -0.1) is 9.24 Å². The van der Waals surface area contributed by atoms with E-state index in [9.17, 15) is 19.1 Å². The average molecular weight is 413 g/mol. The number of fused-ring (bicyclic) bond motifs is 1. The third-order valence-electron chi connectivity index (χ3n) is 5.32. The predicted molar refractivity (Wildman–Crippen MR) is 116 cm³/mol. The standard InChI is InChI=1S/C21H21FN3O3P/c1-23-6-8-24(9-7-23)19-11-18-15(10-17(19)22)20(26)16(21(27)28)12-25(18)13-2-4-14(29)5-3-13/h2-5,10-12H,6-9,29H2,1H3,(H,27,28). The molecule has 1 aliphatic heterocycles. The molecule has 1 unspecified atom stereocenters. The van der Waals surface area contributed by atoms with Gasteiger partial charge in [0.2, 0.25) is 5.43 Å². The highest BCUT2D eigenvalue weighted by molar-refractivity contribution is 7.27. The second-order valence-corrected chi connectivity index (χ2v) is 7.92. The number of carboxylic acids is 1. The molecule has 0 aliphatic carbocycles. The van der Waals surface area contributed by atoms with Gasteiger partial charge >= 0.3 is 5.97 Å². The van der Waals surface area contributed by atoms with Crippen molar-refractivity contribution in [2.75, 3.05) is 38.1 Å². The zero-order valence-corrected chi connectivity index (χ0v) is 17.1. The van der Waals surface area contributed by atoms with Crippen molar-refractivity contribution in [1.29, 1.82) is 0 Å². The second-order valence-electron chi connectivity index (χ2n) is 7.25. The average Bonchev–Trinajstić information content (AvgIpc) is 2.70. The van der Waals surface area contributed by atoms with Crippen LogP contribution in [0.2, 0.25) is 0 Å². The van der Waals surface area contributed by atoms with E-state index in [1.54, 1.807) is 10.6 Å². The minimum absolute atomic E-state index is 0.0511. The topological polar surface area (TPSA) is 65.8 Å². The maximum atomic E-state index is 14.9. The van der Waals surface area contributed by atoms with Gasteiger partial charge in [-0.05, 0) is 36.6 Å². The maximum Gasteiger partial charge on any atom is 0.341 e. The Morgan fingerprint density at radius 1 is 1.10 bits per heavy atom. The van der Waals surface area contributed by atoms with Gasteiger partial charge in [0.1, 0.15) is 11.4 Å². The molecule has 1 atom stereocenters. The highest BCUT2D eigenvalue weighted by Gasteiger charge is 2.22. The zero-order chi connectivity index (χ0) is 20.7. The number of likely N-dealkylation sites (N-methyl/N-ethyl adjacent to an activating group) is 1. The van der Waals surface area contributed by atoms with Crippen LogP contribution in [0.1, 0.15) is 10.4 Å². The van der Waals surface area contributed by atoms with Crippen LogP contribution in [0.4, 0.5) is 10.1 Å². The number of pyridine rings is 1. The Bertz CT molecular complexity index is 1150. The fourth-order valence-electron chi connectivity index (χ4n) is 3.62. The summed E-state index contributed by atoms with van der Waals surface area (Å²) in [6, 6.07) is 10.2. The van der Waals surface area contributed by atoms with E-state index in [-0.39, 0.29) is 10.9 Å². The molecule has 8 heteroatoms. The number of halogens is 1. The van der Waals surface area contributed by atoms with E-state index in [1.807, 2.05) is 36.2 Å². The second kappa shape index (κ2) is 7.58. The Hall–Kier alpha value is -2.76. The quantitative estimate of drug-likeness (QED) is 0.666. The van der Waals surface area contributed by atoms with Crippen molar-refractivity contribution in [3.8, 4) is 5.69 Å². The van der Waals surface area contributed by atoms with Gasteiger partial charge in [0.15, 0.2) is 0 Å². The lowest BCUT2D eigenvalue weighted by Crippen LogP contribution is -2.44. The Morgan fingerprint density at radius 2 is 1.76 bits per heavy atom. The predicted octanol–water partition coefficient (Wildman–Crippen LogP) is 2.08. The fourth-order valence-corrected chi connectivity index (χ4v) is 3.82. The highest BCUT2D eigenvalue weighted by Crippen LogP contribution is 2.27. The first-order valence-corrected chi connectivity index (χ1v) is 9.84. The smallest absolute Gasteiger partial charge is 0.341 e. The zero-order valence-electron chi connectivity index (χ0n) is 15.9. The number of carboxylic acid groups (broad SMARTS) is 1. The first-order valence-electron chi connectivity index (χ1n) is 9.27. The van der Waals surface area contributed by atoms with Crippen molar-refractivity contribution in [2.45, 2.75) is 0 Å².